The van der Waals surface area contributed by atoms with Gasteiger partial charge in [0, 0.05) is 5.69 Å². The lowest BCUT2D eigenvalue weighted by molar-refractivity contribution is -0.118. The monoisotopic (exact) mass is 417 g/mol. The maximum atomic E-state index is 12.1. The van der Waals surface area contributed by atoms with Crippen LogP contribution in [-0.4, -0.2) is 46.8 Å². The smallest absolute Gasteiger partial charge is 0.338 e. The van der Waals surface area contributed by atoms with Crippen molar-refractivity contribution in [2.24, 2.45) is 15.9 Å². The van der Waals surface area contributed by atoms with E-state index in [9.17, 15) is 14.4 Å². The summed E-state index contributed by atoms with van der Waals surface area (Å²) in [5, 5.41) is 3.53. The fourth-order valence-corrected chi connectivity index (χ4v) is 4.24. The number of nitrogens with one attached hydrogen (secondary N) is 1. The highest BCUT2D eigenvalue weighted by Gasteiger charge is 2.32. The molecular weight excluding hydrogens is 398 g/mol. The van der Waals surface area contributed by atoms with Crippen molar-refractivity contribution in [2.75, 3.05) is 23.4 Å². The minimum absolute atomic E-state index is 0.185. The number of thioether (sulfide) groups is 2. The van der Waals surface area contributed by atoms with Crippen LogP contribution in [0.2, 0.25) is 0 Å². The van der Waals surface area contributed by atoms with Gasteiger partial charge in [0.1, 0.15) is 11.8 Å². The van der Waals surface area contributed by atoms with Crippen LogP contribution < -0.4 is 5.32 Å². The molecular formula is C19H19N3O4S2. The molecule has 0 spiro atoms. The molecule has 146 valence electrons. The summed E-state index contributed by atoms with van der Waals surface area (Å²) in [6, 6.07) is 6.50. The molecule has 0 aromatic heterocycles. The maximum Gasteiger partial charge on any atom is 0.338 e. The number of aliphatic imine (C=N–C) groups is 2. The van der Waals surface area contributed by atoms with Crippen LogP contribution in [0.1, 0.15) is 24.2 Å². The minimum atomic E-state index is -0.395. The summed E-state index contributed by atoms with van der Waals surface area (Å²) in [5.74, 6) is -0.0787. The molecule has 1 unspecified atom stereocenters. The van der Waals surface area contributed by atoms with Crippen LogP contribution in [0.25, 0.3) is 0 Å². The Morgan fingerprint density at radius 2 is 2.00 bits per heavy atom. The van der Waals surface area contributed by atoms with Gasteiger partial charge in [-0.05, 0) is 43.0 Å². The van der Waals surface area contributed by atoms with E-state index in [-0.39, 0.29) is 23.5 Å². The molecule has 3 rings (SSSR count). The van der Waals surface area contributed by atoms with Gasteiger partial charge in [-0.2, -0.15) is 4.99 Å². The van der Waals surface area contributed by atoms with Gasteiger partial charge in [-0.3, -0.25) is 9.59 Å². The normalized spacial score (nSPS) is 18.0. The third-order valence-electron chi connectivity index (χ3n) is 3.82. The number of rotatable bonds is 7. The lowest BCUT2D eigenvalue weighted by atomic mass is 10.1. The summed E-state index contributed by atoms with van der Waals surface area (Å²) in [5.41, 5.74) is 1.02. The van der Waals surface area contributed by atoms with Crippen molar-refractivity contribution in [3.05, 3.63) is 40.8 Å². The van der Waals surface area contributed by atoms with E-state index in [1.165, 1.54) is 23.5 Å². The van der Waals surface area contributed by atoms with Gasteiger partial charge in [-0.15, -0.1) is 11.8 Å². The van der Waals surface area contributed by atoms with E-state index in [2.05, 4.69) is 15.3 Å². The molecule has 0 fully saturated rings. The number of amides is 2. The summed E-state index contributed by atoms with van der Waals surface area (Å²) < 4.78 is 4.92. The zero-order valence-electron chi connectivity index (χ0n) is 15.4. The van der Waals surface area contributed by atoms with Crippen LogP contribution in [0, 0.1) is 5.92 Å². The van der Waals surface area contributed by atoms with Crippen molar-refractivity contribution in [1.29, 1.82) is 0 Å². The van der Waals surface area contributed by atoms with Crippen LogP contribution in [0.4, 0.5) is 5.69 Å². The van der Waals surface area contributed by atoms with E-state index in [1.54, 1.807) is 31.2 Å². The van der Waals surface area contributed by atoms with E-state index in [0.717, 1.165) is 9.95 Å². The average Bonchev–Trinajstić information content (AvgIpc) is 3.03. The number of anilines is 1. The molecule has 0 radical (unpaired) electrons. The summed E-state index contributed by atoms with van der Waals surface area (Å²) in [6.45, 7) is 4.00. The third-order valence-corrected chi connectivity index (χ3v) is 5.76. The van der Waals surface area contributed by atoms with E-state index in [1.807, 2.05) is 13.0 Å². The van der Waals surface area contributed by atoms with Crippen LogP contribution in [-0.2, 0) is 14.3 Å². The number of ether oxygens (including phenoxy) is 1. The number of nitrogens with zero attached hydrogens (tertiary/aromatic N) is 2. The van der Waals surface area contributed by atoms with Crippen molar-refractivity contribution in [3.63, 3.8) is 0 Å². The first-order valence-corrected chi connectivity index (χ1v) is 10.6. The summed E-state index contributed by atoms with van der Waals surface area (Å²) in [7, 11) is 0. The molecule has 0 aliphatic carbocycles. The Labute approximate surface area is 171 Å². The number of fused-ring (bicyclic) bond motifs is 1. The van der Waals surface area contributed by atoms with E-state index in [4.69, 9.17) is 4.74 Å². The van der Waals surface area contributed by atoms with Crippen molar-refractivity contribution in [2.45, 2.75) is 13.8 Å². The maximum absolute atomic E-state index is 12.1. The topological polar surface area (TPSA) is 97.2 Å². The molecule has 28 heavy (non-hydrogen) atoms. The Bertz CT molecular complexity index is 891. The van der Waals surface area contributed by atoms with Gasteiger partial charge in [0.25, 0.3) is 5.91 Å². The number of carbonyl (C=O) groups excluding carboxylic acids is 3. The second-order valence-electron chi connectivity index (χ2n) is 6.01. The molecule has 2 aliphatic heterocycles. The highest BCUT2D eigenvalue weighted by Crippen LogP contribution is 2.34. The Hall–Kier alpha value is -2.39. The van der Waals surface area contributed by atoms with Crippen LogP contribution in [0.3, 0.4) is 0 Å². The predicted octanol–water partition coefficient (Wildman–Crippen LogP) is 3.14. The van der Waals surface area contributed by atoms with Gasteiger partial charge in [-0.25, -0.2) is 9.79 Å². The van der Waals surface area contributed by atoms with Crippen LogP contribution in [0.15, 0.2) is 45.2 Å². The average molecular weight is 418 g/mol. The van der Waals surface area contributed by atoms with Gasteiger partial charge in [0.05, 0.1) is 28.7 Å². The zero-order chi connectivity index (χ0) is 20.1. The molecule has 9 heteroatoms. The fourth-order valence-electron chi connectivity index (χ4n) is 2.59. The van der Waals surface area contributed by atoms with Crippen molar-refractivity contribution in [3.8, 4) is 0 Å². The Morgan fingerprint density at radius 3 is 2.71 bits per heavy atom. The second kappa shape index (κ2) is 9.20. The molecule has 0 saturated heterocycles. The Balaban J connectivity index is 1.46. The molecule has 2 aliphatic rings. The molecule has 7 nitrogen and oxygen atoms in total. The first-order chi connectivity index (χ1) is 13.5. The molecule has 1 aromatic rings. The van der Waals surface area contributed by atoms with Gasteiger partial charge >= 0.3 is 5.97 Å². The summed E-state index contributed by atoms with van der Waals surface area (Å²) >= 11 is 2.83. The van der Waals surface area contributed by atoms with Crippen LogP contribution >= 0.6 is 23.5 Å². The first-order valence-electron chi connectivity index (χ1n) is 8.67. The van der Waals surface area contributed by atoms with E-state index in [0.29, 0.717) is 29.4 Å². The Morgan fingerprint density at radius 1 is 1.25 bits per heavy atom. The largest absolute Gasteiger partial charge is 0.462 e. The van der Waals surface area contributed by atoms with Crippen molar-refractivity contribution >= 4 is 57.9 Å². The molecule has 2 heterocycles. The summed E-state index contributed by atoms with van der Waals surface area (Å²) in [4.78, 5) is 45.2. The second-order valence-corrected chi connectivity index (χ2v) is 8.26. The number of benzene rings is 1. The van der Waals surface area contributed by atoms with E-state index < -0.39 is 5.97 Å². The first kappa shape index (κ1) is 20.3. The SMILES string of the molecule is CCOC(=O)c1ccc(NC(=O)CSCC2=NC(=O)C3C=C(C)SC3=N2)cc1. The number of hydrogen-bond acceptors (Lipinski definition) is 7. The minimum Gasteiger partial charge on any atom is -0.462 e. The lowest BCUT2D eigenvalue weighted by Crippen LogP contribution is -2.24. The fraction of sp³-hybridized carbons (Fsp3) is 0.316. The highest BCUT2D eigenvalue weighted by molar-refractivity contribution is 8.17. The highest BCUT2D eigenvalue weighted by atomic mass is 32.2. The number of carbonyl (C=O) groups is 3. The molecule has 0 bridgehead atoms. The van der Waals surface area contributed by atoms with Gasteiger partial charge in [0.15, 0.2) is 0 Å². The molecule has 0 saturated carbocycles. The predicted molar refractivity (Wildman–Crippen MR) is 113 cm³/mol. The van der Waals surface area contributed by atoms with Crippen molar-refractivity contribution < 1.29 is 19.1 Å². The van der Waals surface area contributed by atoms with Crippen LogP contribution in [0.5, 0.6) is 0 Å². The third kappa shape index (κ3) is 5.11. The van der Waals surface area contributed by atoms with Gasteiger partial charge in [-0.1, -0.05) is 17.8 Å². The number of hydrogen-bond donors (Lipinski definition) is 1. The standard InChI is InChI=1S/C19H19N3O4S2/c1-3-26-19(25)12-4-6-13(7-5-12)20-16(23)10-27-9-15-21-17(24)14-8-11(2)28-18(14)22-15/h4-8,14H,3,9-10H2,1-2H3,(H,20,23). The van der Waals surface area contributed by atoms with Gasteiger partial charge < -0.3 is 10.1 Å². The molecule has 1 N–H and O–H groups in total. The van der Waals surface area contributed by atoms with Crippen molar-refractivity contribution in [1.82, 2.24) is 0 Å². The molecule has 1 aromatic carbocycles. The number of esters is 1. The van der Waals surface area contributed by atoms with Gasteiger partial charge in [0.2, 0.25) is 5.91 Å². The van der Waals surface area contributed by atoms with E-state index >= 15 is 0 Å². The lowest BCUT2D eigenvalue weighted by Gasteiger charge is -2.12. The quantitative estimate of drug-likeness (QED) is 0.685. The summed E-state index contributed by atoms with van der Waals surface area (Å²) in [6.07, 6.45) is 1.87. The molecule has 1 atom stereocenters. The molecule has 2 amide bonds. The Kier molecular flexibility index (Phi) is 6.69. The number of amidine groups is 1. The number of allylic oxidation sites excluding steroid dienone is 1. The zero-order valence-corrected chi connectivity index (χ0v) is 17.1.